The Labute approximate surface area is 178 Å². The molecule has 0 heterocycles. The fourth-order valence-electron chi connectivity index (χ4n) is 2.59. The van der Waals surface area contributed by atoms with E-state index in [2.05, 4.69) is 25.7 Å². The number of rotatable bonds is 10. The first-order chi connectivity index (χ1) is 14.9. The van der Waals surface area contributed by atoms with Crippen molar-refractivity contribution >= 4 is 11.9 Å². The second-order valence-corrected chi connectivity index (χ2v) is 6.35. The zero-order valence-corrected chi connectivity index (χ0v) is 16.9. The van der Waals surface area contributed by atoms with E-state index in [1.165, 1.54) is 42.5 Å². The molecule has 4 N–H and O–H groups in total. The van der Waals surface area contributed by atoms with Gasteiger partial charge < -0.3 is 25.8 Å². The van der Waals surface area contributed by atoms with Gasteiger partial charge in [0.1, 0.15) is 11.6 Å². The van der Waals surface area contributed by atoms with E-state index in [4.69, 9.17) is 0 Å². The highest BCUT2D eigenvalue weighted by molar-refractivity contribution is 5.94. The summed E-state index contributed by atoms with van der Waals surface area (Å²) in [6, 6.07) is 11.4. The Balaban J connectivity index is 1.82. The Bertz CT molecular complexity index is 863. The number of carbonyl (C=O) groups is 1. The van der Waals surface area contributed by atoms with Gasteiger partial charge in [-0.05, 0) is 36.8 Å². The van der Waals surface area contributed by atoms with Crippen molar-refractivity contribution in [2.45, 2.75) is 19.6 Å². The van der Waals surface area contributed by atoms with Gasteiger partial charge in [-0.25, -0.2) is 4.39 Å². The lowest BCUT2D eigenvalue weighted by atomic mass is 10.1. The zero-order chi connectivity index (χ0) is 22.6. The largest absolute Gasteiger partial charge is 0.435 e. The third-order valence-electron chi connectivity index (χ3n) is 4.08. The first-order valence-electron chi connectivity index (χ1n) is 9.68. The summed E-state index contributed by atoms with van der Waals surface area (Å²) in [5.41, 5.74) is 0.467. The molecule has 2 rings (SSSR count). The van der Waals surface area contributed by atoms with E-state index in [9.17, 15) is 23.1 Å². The quantitative estimate of drug-likeness (QED) is 0.260. The second-order valence-electron chi connectivity index (χ2n) is 6.35. The van der Waals surface area contributed by atoms with Crippen LogP contribution in [0.15, 0.2) is 53.5 Å². The molecule has 168 valence electrons. The highest BCUT2D eigenvalue weighted by Crippen LogP contribution is 2.19. The lowest BCUT2D eigenvalue weighted by Gasteiger charge is -2.14. The van der Waals surface area contributed by atoms with Crippen LogP contribution >= 0.6 is 0 Å². The number of aliphatic imine (C=N–C) groups is 1. The highest BCUT2D eigenvalue weighted by atomic mass is 19.3. The number of aliphatic hydroxyl groups is 1. The van der Waals surface area contributed by atoms with Crippen molar-refractivity contribution < 1.29 is 27.8 Å². The van der Waals surface area contributed by atoms with E-state index < -0.39 is 24.4 Å². The molecule has 7 nitrogen and oxygen atoms in total. The van der Waals surface area contributed by atoms with Crippen molar-refractivity contribution in [3.63, 3.8) is 0 Å². The standard InChI is InChI=1S/C21H25F3N4O3/c1-2-25-21(27-12-11-26-19(30)16-5-3-4-6-17(16)22)28-13-18(29)14-7-9-15(10-8-14)31-20(23)24/h3-10,18,20,29H,2,11-13H2,1H3,(H,26,30)(H2,25,27,28). The van der Waals surface area contributed by atoms with E-state index in [1.54, 1.807) is 6.07 Å². The maximum Gasteiger partial charge on any atom is 0.387 e. The van der Waals surface area contributed by atoms with Gasteiger partial charge in [-0.2, -0.15) is 8.78 Å². The van der Waals surface area contributed by atoms with Crippen molar-refractivity contribution in [3.05, 3.63) is 65.5 Å². The van der Waals surface area contributed by atoms with Gasteiger partial charge in [0.25, 0.3) is 5.91 Å². The predicted molar refractivity (Wildman–Crippen MR) is 111 cm³/mol. The molecule has 0 aliphatic heterocycles. The first-order valence-corrected chi connectivity index (χ1v) is 9.68. The van der Waals surface area contributed by atoms with Crippen LogP contribution in [0, 0.1) is 5.82 Å². The van der Waals surface area contributed by atoms with Crippen molar-refractivity contribution in [3.8, 4) is 5.75 Å². The van der Waals surface area contributed by atoms with Gasteiger partial charge in [0, 0.05) is 19.6 Å². The van der Waals surface area contributed by atoms with Crippen LogP contribution in [0.25, 0.3) is 0 Å². The number of hydrogen-bond acceptors (Lipinski definition) is 4. The van der Waals surface area contributed by atoms with Crippen molar-refractivity contribution in [1.82, 2.24) is 16.0 Å². The van der Waals surface area contributed by atoms with E-state index in [0.29, 0.717) is 24.6 Å². The van der Waals surface area contributed by atoms with E-state index >= 15 is 0 Å². The lowest BCUT2D eigenvalue weighted by molar-refractivity contribution is -0.0498. The number of hydrogen-bond donors (Lipinski definition) is 4. The maximum absolute atomic E-state index is 13.6. The normalized spacial score (nSPS) is 12.4. The van der Waals surface area contributed by atoms with Gasteiger partial charge in [0.15, 0.2) is 5.96 Å². The molecule has 2 aromatic rings. The monoisotopic (exact) mass is 438 g/mol. The van der Waals surface area contributed by atoms with Gasteiger partial charge in [0.05, 0.1) is 18.2 Å². The van der Waals surface area contributed by atoms with Crippen LogP contribution in [0.5, 0.6) is 5.75 Å². The SMILES string of the molecule is CCNC(=NCC(O)c1ccc(OC(F)F)cc1)NCCNC(=O)c1ccccc1F. The average molecular weight is 438 g/mol. The number of nitrogens with zero attached hydrogens (tertiary/aromatic N) is 1. The van der Waals surface area contributed by atoms with Gasteiger partial charge in [-0.1, -0.05) is 24.3 Å². The molecule has 31 heavy (non-hydrogen) atoms. The molecule has 0 spiro atoms. The molecule has 0 saturated heterocycles. The molecule has 10 heteroatoms. The summed E-state index contributed by atoms with van der Waals surface area (Å²) in [5, 5.41) is 18.9. The minimum absolute atomic E-state index is 0.00175. The van der Waals surface area contributed by atoms with Crippen LogP contribution in [-0.4, -0.2) is 49.8 Å². The molecule has 1 amide bonds. The fourth-order valence-corrected chi connectivity index (χ4v) is 2.59. The summed E-state index contributed by atoms with van der Waals surface area (Å²) in [5.74, 6) is -0.691. The summed E-state index contributed by atoms with van der Waals surface area (Å²) < 4.78 is 42.3. The van der Waals surface area contributed by atoms with Crippen LogP contribution in [0.2, 0.25) is 0 Å². The molecule has 2 aromatic carbocycles. The van der Waals surface area contributed by atoms with Crippen LogP contribution in [0.4, 0.5) is 13.2 Å². The van der Waals surface area contributed by atoms with Crippen LogP contribution < -0.4 is 20.7 Å². The Hall–Kier alpha value is -3.27. The molecule has 0 fully saturated rings. The second kappa shape index (κ2) is 12.4. The summed E-state index contributed by atoms with van der Waals surface area (Å²) in [6.45, 7) is 0.100. The molecule has 0 saturated carbocycles. The van der Waals surface area contributed by atoms with Gasteiger partial charge >= 0.3 is 6.61 Å². The van der Waals surface area contributed by atoms with Gasteiger partial charge in [-0.3, -0.25) is 9.79 Å². The zero-order valence-electron chi connectivity index (χ0n) is 16.9. The smallest absolute Gasteiger partial charge is 0.387 e. The molecule has 0 radical (unpaired) electrons. The number of carbonyl (C=O) groups excluding carboxylic acids is 1. The lowest BCUT2D eigenvalue weighted by Crippen LogP contribution is -2.41. The molecule has 0 aliphatic rings. The number of benzene rings is 2. The van der Waals surface area contributed by atoms with E-state index in [-0.39, 0.29) is 24.4 Å². The van der Waals surface area contributed by atoms with E-state index in [0.717, 1.165) is 0 Å². The molecular weight excluding hydrogens is 413 g/mol. The van der Waals surface area contributed by atoms with E-state index in [1.807, 2.05) is 6.92 Å². The van der Waals surface area contributed by atoms with Crippen molar-refractivity contribution in [1.29, 1.82) is 0 Å². The number of alkyl halides is 2. The third-order valence-corrected chi connectivity index (χ3v) is 4.08. The Morgan fingerprint density at radius 3 is 2.39 bits per heavy atom. The first kappa shape index (κ1) is 24.0. The van der Waals surface area contributed by atoms with Crippen LogP contribution in [0.3, 0.4) is 0 Å². The number of aliphatic hydroxyl groups excluding tert-OH is 1. The number of ether oxygens (including phenoxy) is 1. The summed E-state index contributed by atoms with van der Waals surface area (Å²) in [6.07, 6.45) is -0.947. The Morgan fingerprint density at radius 1 is 1.06 bits per heavy atom. The molecule has 1 atom stereocenters. The van der Waals surface area contributed by atoms with Crippen LogP contribution in [-0.2, 0) is 0 Å². The molecule has 0 bridgehead atoms. The minimum Gasteiger partial charge on any atom is -0.435 e. The number of guanidine groups is 1. The highest BCUT2D eigenvalue weighted by Gasteiger charge is 2.11. The number of halogens is 3. The maximum atomic E-state index is 13.6. The molecule has 0 aliphatic carbocycles. The third kappa shape index (κ3) is 8.17. The van der Waals surface area contributed by atoms with Crippen molar-refractivity contribution in [2.24, 2.45) is 4.99 Å². The van der Waals surface area contributed by atoms with Crippen molar-refractivity contribution in [2.75, 3.05) is 26.2 Å². The molecular formula is C21H25F3N4O3. The summed E-state index contributed by atoms with van der Waals surface area (Å²) in [4.78, 5) is 16.3. The Morgan fingerprint density at radius 2 is 1.74 bits per heavy atom. The predicted octanol–water partition coefficient (Wildman–Crippen LogP) is 2.45. The average Bonchev–Trinajstić information content (AvgIpc) is 2.75. The molecule has 0 aromatic heterocycles. The Kier molecular flexibility index (Phi) is 9.63. The molecule has 1 unspecified atom stereocenters. The number of amides is 1. The topological polar surface area (TPSA) is 95.0 Å². The summed E-state index contributed by atoms with van der Waals surface area (Å²) in [7, 11) is 0. The number of nitrogens with one attached hydrogen (secondary N) is 3. The van der Waals surface area contributed by atoms with Gasteiger partial charge in [0.2, 0.25) is 0 Å². The summed E-state index contributed by atoms with van der Waals surface area (Å²) >= 11 is 0. The minimum atomic E-state index is -2.91. The van der Waals surface area contributed by atoms with Gasteiger partial charge in [-0.15, -0.1) is 0 Å². The van der Waals surface area contributed by atoms with Crippen LogP contribution in [0.1, 0.15) is 28.9 Å². The fraction of sp³-hybridized carbons (Fsp3) is 0.333.